The van der Waals surface area contributed by atoms with Crippen LogP contribution in [0.1, 0.15) is 49.8 Å². The molecule has 0 aliphatic carbocycles. The Morgan fingerprint density at radius 3 is 2.38 bits per heavy atom. The Morgan fingerprint density at radius 2 is 1.81 bits per heavy atom. The first-order chi connectivity index (χ1) is 12.3. The fraction of sp³-hybridized carbons (Fsp3) is 0.333. The molecular formula is C21H21Cl2NO2. The quantitative estimate of drug-likeness (QED) is 0.661. The summed E-state index contributed by atoms with van der Waals surface area (Å²) in [4.78, 5) is 17.5. The fourth-order valence-electron chi connectivity index (χ4n) is 3.09. The van der Waals surface area contributed by atoms with Crippen LogP contribution in [0.5, 0.6) is 0 Å². The third-order valence-corrected chi connectivity index (χ3v) is 4.88. The number of hydrogen-bond acceptors (Lipinski definition) is 3. The maximum absolute atomic E-state index is 12.8. The van der Waals surface area contributed by atoms with Gasteiger partial charge in [0.2, 0.25) is 5.90 Å². The second-order valence-electron chi connectivity index (χ2n) is 7.05. The van der Waals surface area contributed by atoms with E-state index in [1.807, 2.05) is 45.0 Å². The first kappa shape index (κ1) is 18.9. The van der Waals surface area contributed by atoms with Crippen molar-refractivity contribution >= 4 is 34.9 Å². The number of hydrogen-bond donors (Lipinski definition) is 0. The Labute approximate surface area is 164 Å². The molecule has 2 aromatic rings. The smallest absolute Gasteiger partial charge is 0.217 e. The van der Waals surface area contributed by atoms with Crippen molar-refractivity contribution in [1.82, 2.24) is 0 Å². The molecule has 3 nitrogen and oxygen atoms in total. The molecule has 1 atom stereocenters. The maximum atomic E-state index is 12.8. The maximum Gasteiger partial charge on any atom is 0.217 e. The number of rotatable bonds is 5. The second kappa shape index (κ2) is 7.42. The molecule has 1 heterocycles. The average Bonchev–Trinajstić information content (AvgIpc) is 2.97. The van der Waals surface area contributed by atoms with Crippen molar-refractivity contribution in [1.29, 1.82) is 0 Å². The zero-order valence-electron chi connectivity index (χ0n) is 15.1. The van der Waals surface area contributed by atoms with Crippen LogP contribution in [0.2, 0.25) is 10.0 Å². The van der Waals surface area contributed by atoms with E-state index in [4.69, 9.17) is 27.9 Å². The van der Waals surface area contributed by atoms with Gasteiger partial charge in [0.15, 0.2) is 0 Å². The third-order valence-electron chi connectivity index (χ3n) is 4.40. The van der Waals surface area contributed by atoms with E-state index in [1.54, 1.807) is 18.2 Å². The van der Waals surface area contributed by atoms with Crippen LogP contribution in [0.4, 0.5) is 0 Å². The number of carbonyl (C=O) groups is 1. The standard InChI is InChI=1S/C21H21Cl2NO2/c1-4-18(25)19(13-5-7-14(22)8-6-13)16-10-9-15(23)11-17(16)20-24-21(2,3)12-26-20/h5-11,19H,4,12H2,1-3H3. The van der Waals surface area contributed by atoms with Crippen molar-refractivity contribution in [3.05, 3.63) is 69.2 Å². The van der Waals surface area contributed by atoms with E-state index in [0.717, 1.165) is 16.7 Å². The lowest BCUT2D eigenvalue weighted by molar-refractivity contribution is -0.119. The molecule has 1 aliphatic rings. The van der Waals surface area contributed by atoms with Crippen LogP contribution in [-0.4, -0.2) is 23.8 Å². The highest BCUT2D eigenvalue weighted by Gasteiger charge is 2.31. The lowest BCUT2D eigenvalue weighted by Crippen LogP contribution is -2.17. The Morgan fingerprint density at radius 1 is 1.15 bits per heavy atom. The summed E-state index contributed by atoms with van der Waals surface area (Å²) >= 11 is 12.3. The van der Waals surface area contributed by atoms with Gasteiger partial charge in [0, 0.05) is 22.0 Å². The molecule has 0 fully saturated rings. The van der Waals surface area contributed by atoms with Gasteiger partial charge in [-0.3, -0.25) is 4.79 Å². The lowest BCUT2D eigenvalue weighted by atomic mass is 9.84. The average molecular weight is 390 g/mol. The summed E-state index contributed by atoms with van der Waals surface area (Å²) in [5, 5.41) is 1.22. The highest BCUT2D eigenvalue weighted by molar-refractivity contribution is 6.31. The first-order valence-corrected chi connectivity index (χ1v) is 9.37. The monoisotopic (exact) mass is 389 g/mol. The summed E-state index contributed by atoms with van der Waals surface area (Å²) in [6.45, 7) is 6.39. The minimum absolute atomic E-state index is 0.119. The number of Topliss-reactive ketones (excluding diaryl/α,β-unsaturated/α-hetero) is 1. The zero-order valence-corrected chi connectivity index (χ0v) is 16.6. The van der Waals surface area contributed by atoms with E-state index in [9.17, 15) is 4.79 Å². The SMILES string of the molecule is CCC(=O)C(c1ccc(Cl)cc1)c1ccc(Cl)cc1C1=NC(C)(C)CO1. The number of nitrogens with zero attached hydrogens (tertiary/aromatic N) is 1. The molecule has 0 N–H and O–H groups in total. The molecule has 0 bridgehead atoms. The van der Waals surface area contributed by atoms with E-state index in [-0.39, 0.29) is 11.3 Å². The van der Waals surface area contributed by atoms with Crippen LogP contribution in [0.25, 0.3) is 0 Å². The van der Waals surface area contributed by atoms with Crippen LogP contribution in [-0.2, 0) is 9.53 Å². The van der Waals surface area contributed by atoms with Crippen LogP contribution < -0.4 is 0 Å². The number of ketones is 1. The van der Waals surface area contributed by atoms with Gasteiger partial charge in [0.1, 0.15) is 12.4 Å². The molecule has 26 heavy (non-hydrogen) atoms. The predicted molar refractivity (Wildman–Crippen MR) is 107 cm³/mol. The highest BCUT2D eigenvalue weighted by atomic mass is 35.5. The van der Waals surface area contributed by atoms with Crippen molar-refractivity contribution in [2.45, 2.75) is 38.6 Å². The normalized spacial score (nSPS) is 16.7. The molecule has 3 rings (SSSR count). The summed E-state index contributed by atoms with van der Waals surface area (Å²) in [7, 11) is 0. The topological polar surface area (TPSA) is 38.7 Å². The minimum Gasteiger partial charge on any atom is -0.475 e. The molecular weight excluding hydrogens is 369 g/mol. The number of aliphatic imine (C=N–C) groups is 1. The van der Waals surface area contributed by atoms with E-state index >= 15 is 0 Å². The first-order valence-electron chi connectivity index (χ1n) is 8.61. The molecule has 0 saturated heterocycles. The van der Waals surface area contributed by atoms with Crippen LogP contribution in [0.3, 0.4) is 0 Å². The number of ether oxygens (including phenoxy) is 1. The van der Waals surface area contributed by atoms with E-state index in [1.165, 1.54) is 0 Å². The summed E-state index contributed by atoms with van der Waals surface area (Å²) in [5.41, 5.74) is 2.21. The van der Waals surface area contributed by atoms with Crippen molar-refractivity contribution in [2.24, 2.45) is 4.99 Å². The highest BCUT2D eigenvalue weighted by Crippen LogP contribution is 2.34. The van der Waals surface area contributed by atoms with Crippen molar-refractivity contribution < 1.29 is 9.53 Å². The van der Waals surface area contributed by atoms with Crippen LogP contribution >= 0.6 is 23.2 Å². The lowest BCUT2D eigenvalue weighted by Gasteiger charge is -2.20. The van der Waals surface area contributed by atoms with Crippen LogP contribution in [0.15, 0.2) is 47.5 Å². The molecule has 136 valence electrons. The Balaban J connectivity index is 2.16. The fourth-order valence-corrected chi connectivity index (χ4v) is 3.38. The molecule has 2 aromatic carbocycles. The van der Waals surface area contributed by atoms with Crippen molar-refractivity contribution in [3.8, 4) is 0 Å². The summed E-state index contributed by atoms with van der Waals surface area (Å²) in [6, 6.07) is 12.9. The molecule has 0 aromatic heterocycles. The largest absolute Gasteiger partial charge is 0.475 e. The predicted octanol–water partition coefficient (Wildman–Crippen LogP) is 5.66. The van der Waals surface area contributed by atoms with Gasteiger partial charge in [0.05, 0.1) is 11.5 Å². The number of carbonyl (C=O) groups excluding carboxylic acids is 1. The van der Waals surface area contributed by atoms with E-state index in [0.29, 0.717) is 29.0 Å². The third kappa shape index (κ3) is 3.94. The Kier molecular flexibility index (Phi) is 5.40. The zero-order chi connectivity index (χ0) is 18.9. The second-order valence-corrected chi connectivity index (χ2v) is 7.93. The molecule has 0 radical (unpaired) electrons. The molecule has 1 unspecified atom stereocenters. The summed E-state index contributed by atoms with van der Waals surface area (Å²) < 4.78 is 5.83. The van der Waals surface area contributed by atoms with Gasteiger partial charge in [-0.25, -0.2) is 4.99 Å². The van der Waals surface area contributed by atoms with Gasteiger partial charge in [-0.15, -0.1) is 0 Å². The minimum atomic E-state index is -0.417. The van der Waals surface area contributed by atoms with Crippen molar-refractivity contribution in [2.75, 3.05) is 6.61 Å². The van der Waals surface area contributed by atoms with E-state index < -0.39 is 5.92 Å². The van der Waals surface area contributed by atoms with Gasteiger partial charge in [0.25, 0.3) is 0 Å². The molecule has 0 spiro atoms. The molecule has 1 aliphatic heterocycles. The van der Waals surface area contributed by atoms with Gasteiger partial charge >= 0.3 is 0 Å². The summed E-state index contributed by atoms with van der Waals surface area (Å²) in [5.74, 6) is 0.240. The molecule has 0 amide bonds. The summed E-state index contributed by atoms with van der Waals surface area (Å²) in [6.07, 6.45) is 0.425. The molecule has 0 saturated carbocycles. The molecule has 5 heteroatoms. The van der Waals surface area contributed by atoms with Gasteiger partial charge in [-0.1, -0.05) is 48.3 Å². The van der Waals surface area contributed by atoms with Gasteiger partial charge in [-0.2, -0.15) is 0 Å². The van der Waals surface area contributed by atoms with E-state index in [2.05, 4.69) is 4.99 Å². The number of benzene rings is 2. The van der Waals surface area contributed by atoms with Gasteiger partial charge < -0.3 is 4.74 Å². The van der Waals surface area contributed by atoms with Gasteiger partial charge in [-0.05, 0) is 49.2 Å². The Bertz CT molecular complexity index is 857. The Hall–Kier alpha value is -1.84. The number of halogens is 2. The van der Waals surface area contributed by atoms with Crippen LogP contribution in [0, 0.1) is 0 Å². The van der Waals surface area contributed by atoms with Crippen molar-refractivity contribution in [3.63, 3.8) is 0 Å².